The minimum atomic E-state index is -0.117. The molecule has 0 spiro atoms. The lowest BCUT2D eigenvalue weighted by atomic mass is 9.90. The van der Waals surface area contributed by atoms with Gasteiger partial charge in [-0.2, -0.15) is 11.8 Å². The molecule has 1 aliphatic heterocycles. The van der Waals surface area contributed by atoms with Crippen LogP contribution in [0.2, 0.25) is 0 Å². The van der Waals surface area contributed by atoms with Crippen LogP contribution in [0.5, 0.6) is 0 Å². The van der Waals surface area contributed by atoms with Crippen LogP contribution in [0.1, 0.15) is 43.7 Å². The van der Waals surface area contributed by atoms with Crippen LogP contribution in [0, 0.1) is 0 Å². The summed E-state index contributed by atoms with van der Waals surface area (Å²) >= 11 is 1.90. The fourth-order valence-electron chi connectivity index (χ4n) is 2.25. The summed E-state index contributed by atoms with van der Waals surface area (Å²) in [6, 6.07) is 3.84. The molecule has 1 unspecified atom stereocenters. The Morgan fingerprint density at radius 3 is 2.75 bits per heavy atom. The maximum absolute atomic E-state index is 12.7. The van der Waals surface area contributed by atoms with Crippen molar-refractivity contribution < 1.29 is 4.79 Å². The van der Waals surface area contributed by atoms with E-state index in [0.29, 0.717) is 11.4 Å². The highest BCUT2D eigenvalue weighted by Crippen LogP contribution is 2.24. The molecular formula is C15H23N3OS. The molecule has 0 saturated carbocycles. The molecule has 1 fully saturated rings. The molecule has 1 atom stereocenters. The maximum Gasteiger partial charge on any atom is 0.254 e. The Kier molecular flexibility index (Phi) is 4.28. The predicted molar refractivity (Wildman–Crippen MR) is 85.2 cm³/mol. The molecule has 1 aromatic heterocycles. The summed E-state index contributed by atoms with van der Waals surface area (Å²) in [6.07, 6.45) is 0. The molecule has 5 heteroatoms. The second-order valence-corrected chi connectivity index (χ2v) is 7.49. The third-order valence-electron chi connectivity index (χ3n) is 3.49. The lowest BCUT2D eigenvalue weighted by Gasteiger charge is -2.33. The first kappa shape index (κ1) is 15.2. The second-order valence-electron chi connectivity index (χ2n) is 6.34. The van der Waals surface area contributed by atoms with Crippen molar-refractivity contribution in [1.82, 2.24) is 9.88 Å². The maximum atomic E-state index is 12.7. The van der Waals surface area contributed by atoms with Crippen LogP contribution in [0.15, 0.2) is 12.1 Å². The van der Waals surface area contributed by atoms with E-state index in [-0.39, 0.29) is 17.4 Å². The SMILES string of the molecule is CC1CSCCN1C(=O)c1cc(N)nc(C(C)(C)C)c1. The van der Waals surface area contributed by atoms with Gasteiger partial charge in [-0.25, -0.2) is 4.98 Å². The lowest BCUT2D eigenvalue weighted by Crippen LogP contribution is -2.44. The molecule has 1 aliphatic rings. The van der Waals surface area contributed by atoms with Gasteiger partial charge in [-0.05, 0) is 19.1 Å². The molecule has 0 aliphatic carbocycles. The number of aromatic nitrogens is 1. The van der Waals surface area contributed by atoms with Crippen molar-refractivity contribution in [3.8, 4) is 0 Å². The van der Waals surface area contributed by atoms with E-state index in [1.165, 1.54) is 0 Å². The number of nitrogens with zero attached hydrogens (tertiary/aromatic N) is 2. The van der Waals surface area contributed by atoms with Gasteiger partial charge in [-0.1, -0.05) is 20.8 Å². The van der Waals surface area contributed by atoms with Gasteiger partial charge in [0.25, 0.3) is 5.91 Å². The zero-order valence-corrected chi connectivity index (χ0v) is 13.5. The smallest absolute Gasteiger partial charge is 0.254 e. The van der Waals surface area contributed by atoms with Crippen molar-refractivity contribution in [2.45, 2.75) is 39.2 Å². The van der Waals surface area contributed by atoms with E-state index in [1.807, 2.05) is 22.7 Å². The number of hydrogen-bond donors (Lipinski definition) is 1. The Morgan fingerprint density at radius 1 is 1.45 bits per heavy atom. The molecule has 20 heavy (non-hydrogen) atoms. The number of carbonyl (C=O) groups excluding carboxylic acids is 1. The Hall–Kier alpha value is -1.23. The average Bonchev–Trinajstić information content (AvgIpc) is 2.37. The van der Waals surface area contributed by atoms with E-state index in [0.717, 1.165) is 23.7 Å². The van der Waals surface area contributed by atoms with E-state index >= 15 is 0 Å². The van der Waals surface area contributed by atoms with Crippen molar-refractivity contribution in [2.24, 2.45) is 0 Å². The number of pyridine rings is 1. The van der Waals surface area contributed by atoms with Crippen LogP contribution < -0.4 is 5.73 Å². The molecule has 1 aromatic rings. The zero-order chi connectivity index (χ0) is 14.9. The number of nitrogen functional groups attached to an aromatic ring is 1. The monoisotopic (exact) mass is 293 g/mol. The minimum Gasteiger partial charge on any atom is -0.384 e. The first-order chi connectivity index (χ1) is 9.29. The number of thioether (sulfide) groups is 1. The summed E-state index contributed by atoms with van der Waals surface area (Å²) in [7, 11) is 0. The van der Waals surface area contributed by atoms with E-state index < -0.39 is 0 Å². The fourth-order valence-corrected chi connectivity index (χ4v) is 3.27. The van der Waals surface area contributed by atoms with E-state index in [4.69, 9.17) is 5.73 Å². The molecule has 4 nitrogen and oxygen atoms in total. The molecule has 2 rings (SSSR count). The number of hydrogen-bond acceptors (Lipinski definition) is 4. The summed E-state index contributed by atoms with van der Waals surface area (Å²) in [4.78, 5) is 19.0. The molecule has 110 valence electrons. The van der Waals surface area contributed by atoms with E-state index in [9.17, 15) is 4.79 Å². The quantitative estimate of drug-likeness (QED) is 0.864. The Balaban J connectivity index is 2.32. The third kappa shape index (κ3) is 3.26. The molecule has 2 heterocycles. The predicted octanol–water partition coefficient (Wildman–Crippen LogP) is 2.54. The van der Waals surface area contributed by atoms with Crippen LogP contribution in [-0.2, 0) is 5.41 Å². The molecule has 0 radical (unpaired) electrons. The Labute approximate surface area is 125 Å². The molecular weight excluding hydrogens is 270 g/mol. The summed E-state index contributed by atoms with van der Waals surface area (Å²) in [5, 5.41) is 0. The van der Waals surface area contributed by atoms with Gasteiger partial charge in [0.05, 0.1) is 0 Å². The fraction of sp³-hybridized carbons (Fsp3) is 0.600. The van der Waals surface area contributed by atoms with Crippen LogP contribution >= 0.6 is 11.8 Å². The first-order valence-corrected chi connectivity index (χ1v) is 8.11. The lowest BCUT2D eigenvalue weighted by molar-refractivity contribution is 0.0715. The van der Waals surface area contributed by atoms with Gasteiger partial charge in [-0.15, -0.1) is 0 Å². The summed E-state index contributed by atoms with van der Waals surface area (Å²) in [6.45, 7) is 9.12. The van der Waals surface area contributed by atoms with Gasteiger partial charge in [0.1, 0.15) is 5.82 Å². The second kappa shape index (κ2) is 5.64. The summed E-state index contributed by atoms with van der Waals surface area (Å²) < 4.78 is 0. The third-order valence-corrected chi connectivity index (χ3v) is 4.68. The highest BCUT2D eigenvalue weighted by atomic mass is 32.2. The molecule has 1 saturated heterocycles. The van der Waals surface area contributed by atoms with E-state index in [1.54, 1.807) is 6.07 Å². The Morgan fingerprint density at radius 2 is 2.15 bits per heavy atom. The number of rotatable bonds is 1. The van der Waals surface area contributed by atoms with Gasteiger partial charge in [0.2, 0.25) is 0 Å². The first-order valence-electron chi connectivity index (χ1n) is 6.96. The van der Waals surface area contributed by atoms with Crippen LogP contribution in [0.3, 0.4) is 0 Å². The van der Waals surface area contributed by atoms with Crippen molar-refractivity contribution in [3.63, 3.8) is 0 Å². The van der Waals surface area contributed by atoms with Crippen LogP contribution in [0.25, 0.3) is 0 Å². The number of nitrogens with two attached hydrogens (primary N) is 1. The average molecular weight is 293 g/mol. The molecule has 0 aromatic carbocycles. The van der Waals surface area contributed by atoms with Crippen LogP contribution in [-0.4, -0.2) is 39.9 Å². The van der Waals surface area contributed by atoms with Crippen molar-refractivity contribution in [3.05, 3.63) is 23.4 Å². The van der Waals surface area contributed by atoms with Crippen molar-refractivity contribution in [2.75, 3.05) is 23.8 Å². The summed E-state index contributed by atoms with van der Waals surface area (Å²) in [5.74, 6) is 2.48. The normalized spacial score (nSPS) is 20.0. The van der Waals surface area contributed by atoms with Crippen LogP contribution in [0.4, 0.5) is 5.82 Å². The van der Waals surface area contributed by atoms with Gasteiger partial charge >= 0.3 is 0 Å². The topological polar surface area (TPSA) is 59.2 Å². The van der Waals surface area contributed by atoms with Crippen molar-refractivity contribution >= 4 is 23.5 Å². The number of carbonyl (C=O) groups is 1. The highest BCUT2D eigenvalue weighted by molar-refractivity contribution is 7.99. The molecule has 0 bridgehead atoms. The highest BCUT2D eigenvalue weighted by Gasteiger charge is 2.26. The zero-order valence-electron chi connectivity index (χ0n) is 12.6. The van der Waals surface area contributed by atoms with E-state index in [2.05, 4.69) is 32.7 Å². The van der Waals surface area contributed by atoms with Gasteiger partial charge < -0.3 is 10.6 Å². The number of anilines is 1. The van der Waals surface area contributed by atoms with Gasteiger partial charge in [0, 0.05) is 40.8 Å². The van der Waals surface area contributed by atoms with Gasteiger partial charge in [0.15, 0.2) is 0 Å². The number of amides is 1. The van der Waals surface area contributed by atoms with Crippen molar-refractivity contribution in [1.29, 1.82) is 0 Å². The summed E-state index contributed by atoms with van der Waals surface area (Å²) in [5.41, 5.74) is 7.27. The molecule has 1 amide bonds. The Bertz CT molecular complexity index is 510. The molecule has 2 N–H and O–H groups in total. The minimum absolute atomic E-state index is 0.0670. The largest absolute Gasteiger partial charge is 0.384 e. The standard InChI is InChI=1S/C15H23N3OS/c1-10-9-20-6-5-18(10)14(19)11-7-12(15(2,3)4)17-13(16)8-11/h7-8,10H,5-6,9H2,1-4H3,(H2,16,17). The van der Waals surface area contributed by atoms with Gasteiger partial charge in [-0.3, -0.25) is 4.79 Å².